The SMILES string of the molecule is Brc1c2ccccc2c(C2c3ccccc3-c3ccccc32)c2ccccc12. The predicted molar refractivity (Wildman–Crippen MR) is 122 cm³/mol. The van der Waals surface area contributed by atoms with Crippen LogP contribution in [-0.2, 0) is 0 Å². The molecular weight excluding hydrogens is 404 g/mol. The monoisotopic (exact) mass is 420 g/mol. The molecular formula is C27H17Br. The van der Waals surface area contributed by atoms with E-state index in [0.29, 0.717) is 0 Å². The van der Waals surface area contributed by atoms with Gasteiger partial charge in [-0.25, -0.2) is 0 Å². The van der Waals surface area contributed by atoms with Crippen molar-refractivity contribution in [3.05, 3.63) is 118 Å². The summed E-state index contributed by atoms with van der Waals surface area (Å²) in [6.07, 6.45) is 0. The first-order chi connectivity index (χ1) is 13.8. The highest BCUT2D eigenvalue weighted by atomic mass is 79.9. The van der Waals surface area contributed by atoms with Crippen LogP contribution in [0.25, 0.3) is 32.7 Å². The van der Waals surface area contributed by atoms with Crippen LogP contribution in [0.4, 0.5) is 0 Å². The predicted octanol–water partition coefficient (Wildman–Crippen LogP) is 7.92. The zero-order valence-corrected chi connectivity index (χ0v) is 16.8. The summed E-state index contributed by atoms with van der Waals surface area (Å²) >= 11 is 3.89. The molecule has 5 aromatic carbocycles. The number of rotatable bonds is 1. The number of hydrogen-bond acceptors (Lipinski definition) is 0. The fraction of sp³-hybridized carbons (Fsp3) is 0.0370. The van der Waals surface area contributed by atoms with Crippen molar-refractivity contribution in [1.29, 1.82) is 0 Å². The summed E-state index contributed by atoms with van der Waals surface area (Å²) in [5.41, 5.74) is 6.94. The summed E-state index contributed by atoms with van der Waals surface area (Å²) in [7, 11) is 0. The van der Waals surface area contributed by atoms with Crippen molar-refractivity contribution in [3.8, 4) is 11.1 Å². The van der Waals surface area contributed by atoms with Gasteiger partial charge in [0.25, 0.3) is 0 Å². The van der Waals surface area contributed by atoms with Crippen LogP contribution in [-0.4, -0.2) is 0 Å². The lowest BCUT2D eigenvalue weighted by atomic mass is 9.83. The molecule has 5 aromatic rings. The molecule has 0 amide bonds. The number of fused-ring (bicyclic) bond motifs is 5. The first kappa shape index (κ1) is 16.1. The molecule has 1 heteroatoms. The van der Waals surface area contributed by atoms with E-state index in [-0.39, 0.29) is 5.92 Å². The molecule has 1 aliphatic rings. The molecule has 0 saturated heterocycles. The molecule has 0 atom stereocenters. The van der Waals surface area contributed by atoms with Crippen molar-refractivity contribution in [1.82, 2.24) is 0 Å². The van der Waals surface area contributed by atoms with Crippen molar-refractivity contribution in [3.63, 3.8) is 0 Å². The van der Waals surface area contributed by atoms with Crippen LogP contribution in [0.3, 0.4) is 0 Å². The molecule has 0 unspecified atom stereocenters. The van der Waals surface area contributed by atoms with Crippen molar-refractivity contribution < 1.29 is 0 Å². The second kappa shape index (κ2) is 6.05. The maximum atomic E-state index is 3.89. The van der Waals surface area contributed by atoms with Crippen LogP contribution in [0, 0.1) is 0 Å². The molecule has 0 nitrogen and oxygen atoms in total. The Balaban J connectivity index is 1.82. The van der Waals surface area contributed by atoms with E-state index in [2.05, 4.69) is 113 Å². The Morgan fingerprint density at radius 2 is 0.857 bits per heavy atom. The normalized spacial score (nSPS) is 13.0. The quantitative estimate of drug-likeness (QED) is 0.237. The Morgan fingerprint density at radius 3 is 1.36 bits per heavy atom. The standard InChI is InChI=1S/C27H17Br/c28-27-23-15-7-5-13-21(23)26(22-14-6-8-16-24(22)27)25-19-11-3-1-9-17(19)18-10-2-4-12-20(18)25/h1-16,25H. The summed E-state index contributed by atoms with van der Waals surface area (Å²) < 4.78 is 1.18. The van der Waals surface area contributed by atoms with E-state index in [1.807, 2.05) is 0 Å². The molecule has 0 N–H and O–H groups in total. The highest BCUT2D eigenvalue weighted by Crippen LogP contribution is 2.51. The molecule has 0 radical (unpaired) electrons. The summed E-state index contributed by atoms with van der Waals surface area (Å²) in [4.78, 5) is 0. The van der Waals surface area contributed by atoms with Gasteiger partial charge in [-0.05, 0) is 65.3 Å². The first-order valence-electron chi connectivity index (χ1n) is 9.61. The smallest absolute Gasteiger partial charge is 0.0364 e. The molecule has 0 saturated carbocycles. The van der Waals surface area contributed by atoms with Gasteiger partial charge in [0.2, 0.25) is 0 Å². The summed E-state index contributed by atoms with van der Waals surface area (Å²) in [6.45, 7) is 0. The highest BCUT2D eigenvalue weighted by Gasteiger charge is 2.32. The topological polar surface area (TPSA) is 0 Å². The largest absolute Gasteiger partial charge is 0.0619 e. The van der Waals surface area contributed by atoms with Crippen molar-refractivity contribution in [2.24, 2.45) is 0 Å². The maximum Gasteiger partial charge on any atom is 0.0364 e. The number of halogens is 1. The van der Waals surface area contributed by atoms with Gasteiger partial charge in [0, 0.05) is 10.4 Å². The van der Waals surface area contributed by atoms with Gasteiger partial charge in [0.1, 0.15) is 0 Å². The van der Waals surface area contributed by atoms with E-state index < -0.39 is 0 Å². The molecule has 0 aromatic heterocycles. The van der Waals surface area contributed by atoms with Crippen molar-refractivity contribution in [2.45, 2.75) is 5.92 Å². The van der Waals surface area contributed by atoms with E-state index in [1.165, 1.54) is 53.8 Å². The molecule has 132 valence electrons. The van der Waals surface area contributed by atoms with E-state index in [9.17, 15) is 0 Å². The van der Waals surface area contributed by atoms with Crippen LogP contribution >= 0.6 is 15.9 Å². The van der Waals surface area contributed by atoms with Crippen LogP contribution in [0.5, 0.6) is 0 Å². The van der Waals surface area contributed by atoms with Gasteiger partial charge < -0.3 is 0 Å². The minimum Gasteiger partial charge on any atom is -0.0619 e. The van der Waals surface area contributed by atoms with Gasteiger partial charge in [0.15, 0.2) is 0 Å². The molecule has 6 rings (SSSR count). The van der Waals surface area contributed by atoms with Gasteiger partial charge in [-0.15, -0.1) is 0 Å². The van der Waals surface area contributed by atoms with Crippen molar-refractivity contribution in [2.75, 3.05) is 0 Å². The molecule has 0 heterocycles. The first-order valence-corrected chi connectivity index (χ1v) is 10.4. The van der Waals surface area contributed by atoms with Gasteiger partial charge in [-0.2, -0.15) is 0 Å². The van der Waals surface area contributed by atoms with E-state index >= 15 is 0 Å². The Bertz CT molecular complexity index is 1280. The second-order valence-corrected chi connectivity index (χ2v) is 8.22. The lowest BCUT2D eigenvalue weighted by molar-refractivity contribution is 1.04. The van der Waals surface area contributed by atoms with Gasteiger partial charge >= 0.3 is 0 Å². The van der Waals surface area contributed by atoms with Crippen LogP contribution in [0.2, 0.25) is 0 Å². The van der Waals surface area contributed by atoms with Gasteiger partial charge in [0.05, 0.1) is 0 Å². The molecule has 0 fully saturated rings. The van der Waals surface area contributed by atoms with E-state index in [4.69, 9.17) is 0 Å². The van der Waals surface area contributed by atoms with Crippen LogP contribution in [0.15, 0.2) is 102 Å². The summed E-state index contributed by atoms with van der Waals surface area (Å²) in [6, 6.07) is 35.3. The highest BCUT2D eigenvalue weighted by molar-refractivity contribution is 9.10. The minimum absolute atomic E-state index is 0.246. The van der Waals surface area contributed by atoms with E-state index in [1.54, 1.807) is 0 Å². The number of benzene rings is 5. The zero-order valence-electron chi connectivity index (χ0n) is 15.2. The summed E-state index contributed by atoms with van der Waals surface area (Å²) in [5, 5.41) is 5.20. The van der Waals surface area contributed by atoms with Crippen LogP contribution < -0.4 is 0 Å². The average Bonchev–Trinajstić information content (AvgIpc) is 3.09. The average molecular weight is 421 g/mol. The Hall–Kier alpha value is -2.90. The van der Waals surface area contributed by atoms with Crippen LogP contribution in [0.1, 0.15) is 22.6 Å². The Morgan fingerprint density at radius 1 is 0.464 bits per heavy atom. The molecule has 1 aliphatic carbocycles. The molecule has 0 aliphatic heterocycles. The Kier molecular flexibility index (Phi) is 3.48. The molecule has 28 heavy (non-hydrogen) atoms. The minimum atomic E-state index is 0.246. The fourth-order valence-electron chi connectivity index (χ4n) is 4.89. The Labute approximate surface area is 172 Å². The van der Waals surface area contributed by atoms with Gasteiger partial charge in [-0.1, -0.05) is 97.1 Å². The van der Waals surface area contributed by atoms with E-state index in [0.717, 1.165) is 0 Å². The lowest BCUT2D eigenvalue weighted by Gasteiger charge is -2.21. The molecule has 0 spiro atoms. The molecule has 0 bridgehead atoms. The third-order valence-electron chi connectivity index (χ3n) is 6.03. The second-order valence-electron chi connectivity index (χ2n) is 7.43. The van der Waals surface area contributed by atoms with Crippen molar-refractivity contribution >= 4 is 37.5 Å². The maximum absolute atomic E-state index is 3.89. The lowest BCUT2D eigenvalue weighted by Crippen LogP contribution is -2.02. The third-order valence-corrected chi connectivity index (χ3v) is 6.88. The summed E-state index contributed by atoms with van der Waals surface area (Å²) in [5.74, 6) is 0.246. The van der Waals surface area contributed by atoms with Gasteiger partial charge in [-0.3, -0.25) is 0 Å². The zero-order chi connectivity index (χ0) is 18.7. The number of hydrogen-bond donors (Lipinski definition) is 0. The third kappa shape index (κ3) is 2.11. The fourth-order valence-corrected chi connectivity index (χ4v) is 5.58.